The minimum Gasteiger partial charge on any atom is -0.271 e. The summed E-state index contributed by atoms with van der Waals surface area (Å²) < 4.78 is 0.868. The first-order valence-electron chi connectivity index (χ1n) is 6.39. The van der Waals surface area contributed by atoms with Crippen LogP contribution in [0.5, 0.6) is 0 Å². The Morgan fingerprint density at radius 3 is 2.94 bits per heavy atom. The van der Waals surface area contributed by atoms with Gasteiger partial charge < -0.3 is 0 Å². The van der Waals surface area contributed by atoms with Gasteiger partial charge in [-0.15, -0.1) is 11.3 Å². The molecule has 0 amide bonds. The maximum Gasteiger partial charge on any atom is 0.0931 e. The predicted octanol–water partition coefficient (Wildman–Crippen LogP) is 3.60. The van der Waals surface area contributed by atoms with Crippen molar-refractivity contribution in [3.05, 3.63) is 21.3 Å². The summed E-state index contributed by atoms with van der Waals surface area (Å²) in [5.41, 5.74) is 3.01. The van der Waals surface area contributed by atoms with E-state index in [9.17, 15) is 0 Å². The molecule has 17 heavy (non-hydrogen) atoms. The molecule has 3 atom stereocenters. The highest BCUT2D eigenvalue weighted by Crippen LogP contribution is 2.32. The fourth-order valence-corrected chi connectivity index (χ4v) is 4.03. The monoisotopic (exact) mass is 272 g/mol. The van der Waals surface area contributed by atoms with E-state index >= 15 is 0 Å². The molecule has 0 aromatic carbocycles. The number of hydrazine groups is 1. The maximum atomic E-state index is 5.96. The van der Waals surface area contributed by atoms with Crippen LogP contribution < -0.4 is 11.3 Å². The van der Waals surface area contributed by atoms with Crippen LogP contribution in [-0.4, -0.2) is 6.04 Å². The van der Waals surface area contributed by atoms with Crippen LogP contribution in [0, 0.1) is 11.8 Å². The molecule has 1 fully saturated rings. The van der Waals surface area contributed by atoms with Gasteiger partial charge in [-0.25, -0.2) is 0 Å². The van der Waals surface area contributed by atoms with Crippen LogP contribution in [0.1, 0.15) is 37.5 Å². The molecule has 2 rings (SSSR count). The molecule has 1 aromatic heterocycles. The predicted molar refractivity (Wildman–Crippen MR) is 75.3 cm³/mol. The van der Waals surface area contributed by atoms with Crippen LogP contribution in [-0.2, 0) is 6.42 Å². The Labute approximate surface area is 113 Å². The molecule has 0 spiro atoms. The summed E-state index contributed by atoms with van der Waals surface area (Å²) in [6.07, 6.45) is 6.32. The number of nitrogens with one attached hydrogen (secondary N) is 1. The van der Waals surface area contributed by atoms with Gasteiger partial charge in [0.15, 0.2) is 0 Å². The van der Waals surface area contributed by atoms with E-state index in [0.717, 1.165) is 16.7 Å². The van der Waals surface area contributed by atoms with Gasteiger partial charge in [0.1, 0.15) is 0 Å². The average Bonchev–Trinajstić information content (AvgIpc) is 2.72. The van der Waals surface area contributed by atoms with Crippen molar-refractivity contribution in [3.63, 3.8) is 0 Å². The van der Waals surface area contributed by atoms with Crippen molar-refractivity contribution in [2.24, 2.45) is 17.7 Å². The molecule has 4 heteroatoms. The molecule has 3 unspecified atom stereocenters. The summed E-state index contributed by atoms with van der Waals surface area (Å²) >= 11 is 7.63. The normalized spacial score (nSPS) is 27.0. The van der Waals surface area contributed by atoms with Gasteiger partial charge in [-0.1, -0.05) is 31.4 Å². The SMILES string of the molecule is CC1CCCC(C(Cc2ccc(Cl)s2)NN)C1. The van der Waals surface area contributed by atoms with Crippen molar-refractivity contribution in [1.29, 1.82) is 0 Å². The first-order valence-corrected chi connectivity index (χ1v) is 7.59. The summed E-state index contributed by atoms with van der Waals surface area (Å²) in [6.45, 7) is 2.35. The lowest BCUT2D eigenvalue weighted by atomic mass is 9.78. The van der Waals surface area contributed by atoms with Gasteiger partial charge in [0, 0.05) is 10.9 Å². The maximum absolute atomic E-state index is 5.96. The molecule has 1 heterocycles. The van der Waals surface area contributed by atoms with E-state index in [0.29, 0.717) is 12.0 Å². The molecule has 1 aromatic rings. The first kappa shape index (κ1) is 13.3. The van der Waals surface area contributed by atoms with Crippen LogP contribution in [0.2, 0.25) is 4.34 Å². The molecule has 3 N–H and O–H groups in total. The van der Waals surface area contributed by atoms with E-state index in [1.54, 1.807) is 11.3 Å². The lowest BCUT2D eigenvalue weighted by Crippen LogP contribution is -2.43. The van der Waals surface area contributed by atoms with Gasteiger partial charge in [0.25, 0.3) is 0 Å². The molecule has 1 aliphatic carbocycles. The van der Waals surface area contributed by atoms with E-state index in [4.69, 9.17) is 17.4 Å². The van der Waals surface area contributed by atoms with Gasteiger partial charge >= 0.3 is 0 Å². The number of halogens is 1. The zero-order valence-corrected chi connectivity index (χ0v) is 11.9. The van der Waals surface area contributed by atoms with Gasteiger partial charge in [-0.2, -0.15) is 0 Å². The Balaban J connectivity index is 1.95. The van der Waals surface area contributed by atoms with Gasteiger partial charge in [0.05, 0.1) is 4.34 Å². The number of nitrogens with two attached hydrogens (primary N) is 1. The molecule has 1 saturated carbocycles. The summed E-state index contributed by atoms with van der Waals surface area (Å²) in [6, 6.07) is 4.48. The Bertz CT molecular complexity index is 353. The van der Waals surface area contributed by atoms with Crippen molar-refractivity contribution in [2.75, 3.05) is 0 Å². The van der Waals surface area contributed by atoms with Crippen LogP contribution in [0.4, 0.5) is 0 Å². The molecule has 0 bridgehead atoms. The van der Waals surface area contributed by atoms with Crippen molar-refractivity contribution in [2.45, 2.75) is 45.1 Å². The molecule has 96 valence electrons. The quantitative estimate of drug-likeness (QED) is 0.649. The standard InChI is InChI=1S/C13H21ClN2S/c1-9-3-2-4-10(7-9)12(16-15)8-11-5-6-13(14)17-11/h5-6,9-10,12,16H,2-4,7-8,15H2,1H3. The van der Waals surface area contributed by atoms with E-state index in [2.05, 4.69) is 18.4 Å². The Morgan fingerprint density at radius 2 is 2.35 bits per heavy atom. The average molecular weight is 273 g/mol. The second kappa shape index (κ2) is 6.19. The smallest absolute Gasteiger partial charge is 0.0931 e. The van der Waals surface area contributed by atoms with Crippen LogP contribution in [0.25, 0.3) is 0 Å². The van der Waals surface area contributed by atoms with Crippen molar-refractivity contribution in [1.82, 2.24) is 5.43 Å². The highest BCUT2D eigenvalue weighted by molar-refractivity contribution is 7.16. The van der Waals surface area contributed by atoms with Crippen LogP contribution >= 0.6 is 22.9 Å². The van der Waals surface area contributed by atoms with Crippen molar-refractivity contribution < 1.29 is 0 Å². The second-order valence-corrected chi connectivity index (χ2v) is 7.01. The molecular weight excluding hydrogens is 252 g/mol. The summed E-state index contributed by atoms with van der Waals surface area (Å²) in [4.78, 5) is 1.33. The zero-order valence-electron chi connectivity index (χ0n) is 10.3. The van der Waals surface area contributed by atoms with Gasteiger partial charge in [0.2, 0.25) is 0 Å². The molecule has 1 aliphatic rings. The summed E-state index contributed by atoms with van der Waals surface area (Å²) in [5, 5.41) is 0. The summed E-state index contributed by atoms with van der Waals surface area (Å²) in [7, 11) is 0. The Kier molecular flexibility index (Phi) is 4.86. The molecular formula is C13H21ClN2S. The highest BCUT2D eigenvalue weighted by atomic mass is 35.5. The molecule has 0 saturated heterocycles. The van der Waals surface area contributed by atoms with Gasteiger partial charge in [-0.05, 0) is 43.2 Å². The van der Waals surface area contributed by atoms with Crippen molar-refractivity contribution >= 4 is 22.9 Å². The fourth-order valence-electron chi connectivity index (χ4n) is 2.89. The van der Waals surface area contributed by atoms with E-state index in [-0.39, 0.29) is 0 Å². The molecule has 2 nitrogen and oxygen atoms in total. The number of hydrogen-bond donors (Lipinski definition) is 2. The van der Waals surface area contributed by atoms with Gasteiger partial charge in [-0.3, -0.25) is 11.3 Å². The third kappa shape index (κ3) is 3.68. The Hall–Kier alpha value is -0.0900. The molecule has 0 radical (unpaired) electrons. The topological polar surface area (TPSA) is 38.0 Å². The highest BCUT2D eigenvalue weighted by Gasteiger charge is 2.26. The van der Waals surface area contributed by atoms with Crippen LogP contribution in [0.15, 0.2) is 12.1 Å². The lowest BCUT2D eigenvalue weighted by molar-refractivity contribution is 0.222. The van der Waals surface area contributed by atoms with E-state index in [1.807, 2.05) is 6.07 Å². The number of thiophene rings is 1. The minimum atomic E-state index is 0.396. The largest absolute Gasteiger partial charge is 0.271 e. The number of rotatable bonds is 4. The zero-order chi connectivity index (χ0) is 12.3. The van der Waals surface area contributed by atoms with Crippen molar-refractivity contribution in [3.8, 4) is 0 Å². The second-order valence-electron chi connectivity index (χ2n) is 5.21. The first-order chi connectivity index (χ1) is 8.19. The Morgan fingerprint density at radius 1 is 1.53 bits per heavy atom. The minimum absolute atomic E-state index is 0.396. The van der Waals surface area contributed by atoms with Crippen LogP contribution in [0.3, 0.4) is 0 Å². The van der Waals surface area contributed by atoms with E-state index in [1.165, 1.54) is 30.6 Å². The third-order valence-corrected chi connectivity index (χ3v) is 5.06. The lowest BCUT2D eigenvalue weighted by Gasteiger charge is -2.32. The van der Waals surface area contributed by atoms with E-state index < -0.39 is 0 Å². The number of hydrogen-bond acceptors (Lipinski definition) is 3. The summed E-state index contributed by atoms with van der Waals surface area (Å²) in [5.74, 6) is 7.28. The third-order valence-electron chi connectivity index (χ3n) is 3.81. The fraction of sp³-hybridized carbons (Fsp3) is 0.692. The molecule has 0 aliphatic heterocycles.